The van der Waals surface area contributed by atoms with Crippen LogP contribution in [0.2, 0.25) is 0 Å². The Morgan fingerprint density at radius 3 is 2.88 bits per heavy atom. The summed E-state index contributed by atoms with van der Waals surface area (Å²) in [5.74, 6) is 0.255. The first-order chi connectivity index (χ1) is 3.80. The Balaban J connectivity index is 2.77. The molecule has 1 rings (SSSR count). The molecule has 1 heterocycles. The Morgan fingerprint density at radius 1 is 1.88 bits per heavy atom. The number of aromatic nitrogens is 2. The Morgan fingerprint density at radius 2 is 2.62 bits per heavy atom. The minimum absolute atomic E-state index is 0.255. The maximum Gasteiger partial charge on any atom is 0.244 e. The van der Waals surface area contributed by atoms with Gasteiger partial charge in [-0.1, -0.05) is 0 Å². The molecular formula is C4H6N2O2. The summed E-state index contributed by atoms with van der Waals surface area (Å²) in [7, 11) is 0. The van der Waals surface area contributed by atoms with Crippen LogP contribution < -0.4 is 0 Å². The van der Waals surface area contributed by atoms with Gasteiger partial charge in [0.1, 0.15) is 6.10 Å². The van der Waals surface area contributed by atoms with Crippen molar-refractivity contribution < 1.29 is 9.52 Å². The van der Waals surface area contributed by atoms with Gasteiger partial charge < -0.3 is 9.52 Å². The number of hydrogen-bond donors (Lipinski definition) is 1. The molecular weight excluding hydrogens is 108 g/mol. The van der Waals surface area contributed by atoms with Gasteiger partial charge in [-0.05, 0) is 6.92 Å². The fourth-order valence-corrected chi connectivity index (χ4v) is 0.364. The quantitative estimate of drug-likeness (QED) is 0.563. The summed E-state index contributed by atoms with van der Waals surface area (Å²) in [6.07, 6.45) is 0.527. The van der Waals surface area contributed by atoms with Crippen LogP contribution in [0.5, 0.6) is 0 Å². The van der Waals surface area contributed by atoms with Gasteiger partial charge in [-0.15, -0.1) is 10.2 Å². The van der Waals surface area contributed by atoms with Crippen molar-refractivity contribution in [1.29, 1.82) is 0 Å². The summed E-state index contributed by atoms with van der Waals surface area (Å²) in [5.41, 5.74) is 0. The van der Waals surface area contributed by atoms with Gasteiger partial charge in [-0.2, -0.15) is 0 Å². The fraction of sp³-hybridized carbons (Fsp3) is 0.500. The molecule has 8 heavy (non-hydrogen) atoms. The summed E-state index contributed by atoms with van der Waals surface area (Å²) in [6.45, 7) is 1.56. The molecule has 0 fully saturated rings. The number of nitrogens with zero attached hydrogens (tertiary/aromatic N) is 2. The molecule has 0 radical (unpaired) electrons. The molecule has 0 saturated heterocycles. The van der Waals surface area contributed by atoms with Crippen LogP contribution in [0.4, 0.5) is 0 Å². The molecule has 0 amide bonds. The molecule has 4 nitrogen and oxygen atoms in total. The molecule has 0 spiro atoms. The second-order valence-electron chi connectivity index (χ2n) is 1.45. The van der Waals surface area contributed by atoms with E-state index in [1.165, 1.54) is 6.39 Å². The zero-order valence-corrected chi connectivity index (χ0v) is 4.40. The fourth-order valence-electron chi connectivity index (χ4n) is 0.364. The Labute approximate surface area is 46.2 Å². The average Bonchev–Trinajstić information content (AvgIpc) is 2.12. The summed E-state index contributed by atoms with van der Waals surface area (Å²) in [5, 5.41) is 15.5. The topological polar surface area (TPSA) is 59.2 Å². The van der Waals surface area contributed by atoms with E-state index in [0.717, 1.165) is 0 Å². The van der Waals surface area contributed by atoms with Gasteiger partial charge in [-0.3, -0.25) is 0 Å². The molecule has 1 N–H and O–H groups in total. The second kappa shape index (κ2) is 1.92. The molecule has 1 aromatic heterocycles. The number of rotatable bonds is 1. The van der Waals surface area contributed by atoms with Crippen molar-refractivity contribution in [2.24, 2.45) is 0 Å². The van der Waals surface area contributed by atoms with Crippen LogP contribution in [0.3, 0.4) is 0 Å². The van der Waals surface area contributed by atoms with Crippen LogP contribution in [-0.2, 0) is 0 Å². The monoisotopic (exact) mass is 114 g/mol. The second-order valence-corrected chi connectivity index (χ2v) is 1.45. The highest BCUT2D eigenvalue weighted by molar-refractivity contribution is 4.75. The molecule has 0 aliphatic heterocycles. The van der Waals surface area contributed by atoms with Gasteiger partial charge in [0.25, 0.3) is 0 Å². The highest BCUT2D eigenvalue weighted by Crippen LogP contribution is 2.04. The van der Waals surface area contributed by atoms with Crippen molar-refractivity contribution in [3.05, 3.63) is 12.3 Å². The average molecular weight is 114 g/mol. The molecule has 1 atom stereocenters. The van der Waals surface area contributed by atoms with Gasteiger partial charge in [0.2, 0.25) is 12.3 Å². The third-order valence-electron chi connectivity index (χ3n) is 0.734. The van der Waals surface area contributed by atoms with Gasteiger partial charge in [-0.25, -0.2) is 0 Å². The van der Waals surface area contributed by atoms with Crippen LogP contribution >= 0.6 is 0 Å². The van der Waals surface area contributed by atoms with Crippen molar-refractivity contribution in [1.82, 2.24) is 10.2 Å². The predicted octanol–water partition coefficient (Wildman–Crippen LogP) is 0.123. The predicted molar refractivity (Wildman–Crippen MR) is 24.9 cm³/mol. The normalized spacial score (nSPS) is 13.8. The summed E-state index contributed by atoms with van der Waals surface area (Å²) in [4.78, 5) is 0. The van der Waals surface area contributed by atoms with E-state index in [1.807, 2.05) is 0 Å². The van der Waals surface area contributed by atoms with E-state index in [-0.39, 0.29) is 5.89 Å². The lowest BCUT2D eigenvalue weighted by Crippen LogP contribution is -1.89. The van der Waals surface area contributed by atoms with Crippen LogP contribution in [0.1, 0.15) is 18.9 Å². The molecule has 0 aliphatic carbocycles. The van der Waals surface area contributed by atoms with E-state index in [4.69, 9.17) is 5.11 Å². The third-order valence-corrected chi connectivity index (χ3v) is 0.734. The first kappa shape index (κ1) is 5.24. The van der Waals surface area contributed by atoms with Crippen molar-refractivity contribution >= 4 is 0 Å². The van der Waals surface area contributed by atoms with E-state index in [0.29, 0.717) is 0 Å². The first-order valence-electron chi connectivity index (χ1n) is 2.25. The maximum absolute atomic E-state index is 8.72. The van der Waals surface area contributed by atoms with Crippen molar-refractivity contribution in [3.8, 4) is 0 Å². The SMILES string of the molecule is CC(O)c1nnco1. The van der Waals surface area contributed by atoms with Crippen LogP contribution in [0.25, 0.3) is 0 Å². The third kappa shape index (κ3) is 0.840. The van der Waals surface area contributed by atoms with E-state index < -0.39 is 6.10 Å². The molecule has 0 aliphatic rings. The van der Waals surface area contributed by atoms with E-state index >= 15 is 0 Å². The first-order valence-corrected chi connectivity index (χ1v) is 2.25. The van der Waals surface area contributed by atoms with Gasteiger partial charge >= 0.3 is 0 Å². The van der Waals surface area contributed by atoms with E-state index in [1.54, 1.807) is 6.92 Å². The molecule has 4 heteroatoms. The van der Waals surface area contributed by atoms with Gasteiger partial charge in [0.15, 0.2) is 0 Å². The Kier molecular flexibility index (Phi) is 1.26. The molecule has 1 unspecified atom stereocenters. The largest absolute Gasteiger partial charge is 0.425 e. The van der Waals surface area contributed by atoms with Crippen LogP contribution in [-0.4, -0.2) is 15.3 Å². The van der Waals surface area contributed by atoms with Gasteiger partial charge in [0, 0.05) is 0 Å². The highest BCUT2D eigenvalue weighted by Gasteiger charge is 2.03. The van der Waals surface area contributed by atoms with Crippen molar-refractivity contribution in [3.63, 3.8) is 0 Å². The number of aliphatic hydroxyl groups is 1. The Hall–Kier alpha value is -0.900. The molecule has 0 saturated carbocycles. The minimum Gasteiger partial charge on any atom is -0.425 e. The lowest BCUT2D eigenvalue weighted by molar-refractivity contribution is 0.163. The van der Waals surface area contributed by atoms with Crippen LogP contribution in [0, 0.1) is 0 Å². The standard InChI is InChI=1S/C4H6N2O2/c1-3(7)4-6-5-2-8-4/h2-3,7H,1H3. The summed E-state index contributed by atoms with van der Waals surface area (Å²) >= 11 is 0. The Bertz CT molecular complexity index is 147. The lowest BCUT2D eigenvalue weighted by Gasteiger charge is -1.90. The van der Waals surface area contributed by atoms with Crippen molar-refractivity contribution in [2.75, 3.05) is 0 Å². The van der Waals surface area contributed by atoms with Gasteiger partial charge in [0.05, 0.1) is 0 Å². The van der Waals surface area contributed by atoms with E-state index in [9.17, 15) is 0 Å². The van der Waals surface area contributed by atoms with Crippen LogP contribution in [0.15, 0.2) is 10.8 Å². The summed E-state index contributed by atoms with van der Waals surface area (Å²) in [6, 6.07) is 0. The zero-order valence-electron chi connectivity index (χ0n) is 4.40. The smallest absolute Gasteiger partial charge is 0.244 e. The van der Waals surface area contributed by atoms with Crippen molar-refractivity contribution in [2.45, 2.75) is 13.0 Å². The number of hydrogen-bond acceptors (Lipinski definition) is 4. The number of aliphatic hydroxyl groups excluding tert-OH is 1. The van der Waals surface area contributed by atoms with E-state index in [2.05, 4.69) is 14.6 Å². The summed E-state index contributed by atoms with van der Waals surface area (Å²) < 4.78 is 4.62. The minimum atomic E-state index is -0.655. The molecule has 0 aromatic carbocycles. The lowest BCUT2D eigenvalue weighted by atomic mass is 10.4. The highest BCUT2D eigenvalue weighted by atomic mass is 16.4. The molecule has 0 bridgehead atoms. The maximum atomic E-state index is 8.72. The molecule has 1 aromatic rings. The zero-order chi connectivity index (χ0) is 5.98. The molecule has 44 valence electrons.